The van der Waals surface area contributed by atoms with Gasteiger partial charge in [-0.2, -0.15) is 0 Å². The first-order chi connectivity index (χ1) is 14.1. The van der Waals surface area contributed by atoms with Crippen molar-refractivity contribution in [2.75, 3.05) is 20.6 Å². The van der Waals surface area contributed by atoms with Gasteiger partial charge in [-0.1, -0.05) is 12.1 Å². The van der Waals surface area contributed by atoms with Gasteiger partial charge in [-0.05, 0) is 30.7 Å². The van der Waals surface area contributed by atoms with E-state index in [9.17, 15) is 17.2 Å². The third kappa shape index (κ3) is 5.65. The lowest BCUT2D eigenvalue weighted by atomic mass is 10.0. The molecule has 0 aliphatic carbocycles. The average Bonchev–Trinajstić information content (AvgIpc) is 2.93. The molecule has 0 fully saturated rings. The predicted octanol–water partition coefficient (Wildman–Crippen LogP) is 3.98. The topological polar surface area (TPSA) is 81.2 Å². The molecule has 0 saturated heterocycles. The minimum atomic E-state index is -3.51. The number of benzene rings is 1. The Labute approximate surface area is 199 Å². The third-order valence-electron chi connectivity index (χ3n) is 4.98. The van der Waals surface area contributed by atoms with Crippen LogP contribution in [0.1, 0.15) is 16.8 Å². The number of hydrogen-bond acceptors (Lipinski definition) is 4. The van der Waals surface area contributed by atoms with Gasteiger partial charge in [0.05, 0.1) is 28.7 Å². The van der Waals surface area contributed by atoms with E-state index in [1.165, 1.54) is 26.2 Å². The summed E-state index contributed by atoms with van der Waals surface area (Å²) in [4.78, 5) is 4.43. The Morgan fingerprint density at radius 2 is 1.84 bits per heavy atom. The van der Waals surface area contributed by atoms with Crippen LogP contribution in [0.15, 0.2) is 53.3 Å². The molecular formula is C21H26Cl2F2N4O2S. The molecule has 0 aliphatic heterocycles. The molecule has 3 rings (SSSR count). The fourth-order valence-electron chi connectivity index (χ4n) is 3.33. The molecular weight excluding hydrogens is 481 g/mol. The second-order valence-corrected chi connectivity index (χ2v) is 9.32. The number of allylic oxidation sites excluding steroid dienone is 1. The summed E-state index contributed by atoms with van der Waals surface area (Å²) in [5.41, 5.74) is 8.91. The molecule has 2 heterocycles. The van der Waals surface area contributed by atoms with E-state index in [1.54, 1.807) is 28.8 Å². The number of rotatable bonds is 7. The van der Waals surface area contributed by atoms with Crippen LogP contribution in [0.25, 0.3) is 11.0 Å². The first kappa shape index (κ1) is 28.0. The van der Waals surface area contributed by atoms with Crippen LogP contribution >= 0.6 is 24.8 Å². The van der Waals surface area contributed by atoms with E-state index in [0.29, 0.717) is 17.5 Å². The van der Waals surface area contributed by atoms with E-state index < -0.39 is 21.7 Å². The minimum absolute atomic E-state index is 0. The van der Waals surface area contributed by atoms with Crippen LogP contribution in [0.4, 0.5) is 8.78 Å². The molecule has 6 nitrogen and oxygen atoms in total. The normalized spacial score (nSPS) is 12.0. The highest BCUT2D eigenvalue weighted by Crippen LogP contribution is 2.28. The molecule has 0 aliphatic rings. The van der Waals surface area contributed by atoms with Crippen molar-refractivity contribution in [2.24, 2.45) is 5.73 Å². The second-order valence-electron chi connectivity index (χ2n) is 7.17. The fourth-order valence-corrected chi connectivity index (χ4v) is 4.24. The van der Waals surface area contributed by atoms with Gasteiger partial charge in [-0.15, -0.1) is 24.8 Å². The maximum absolute atomic E-state index is 14.1. The maximum Gasteiger partial charge on any atom is 0.242 e. The Balaban J connectivity index is 0.00000256. The molecule has 0 unspecified atom stereocenters. The summed E-state index contributed by atoms with van der Waals surface area (Å²) in [6.45, 7) is 1.84. The first-order valence-corrected chi connectivity index (χ1v) is 10.8. The largest absolute Gasteiger partial charge is 0.336 e. The number of sulfonamides is 1. The summed E-state index contributed by atoms with van der Waals surface area (Å²) in [6.07, 6.45) is 2.86. The van der Waals surface area contributed by atoms with Crippen molar-refractivity contribution in [3.8, 4) is 0 Å². The maximum atomic E-state index is 14.1. The zero-order chi connectivity index (χ0) is 22.1. The summed E-state index contributed by atoms with van der Waals surface area (Å²) in [5, 5.41) is 0. The van der Waals surface area contributed by atoms with Crippen molar-refractivity contribution in [2.45, 2.75) is 24.8 Å². The second kappa shape index (κ2) is 11.2. The van der Waals surface area contributed by atoms with E-state index >= 15 is 0 Å². The minimum Gasteiger partial charge on any atom is -0.336 e. The van der Waals surface area contributed by atoms with E-state index in [2.05, 4.69) is 4.98 Å². The number of halogens is 4. The summed E-state index contributed by atoms with van der Waals surface area (Å²) >= 11 is 0. The molecule has 1 aromatic carbocycles. The van der Waals surface area contributed by atoms with Gasteiger partial charge in [0, 0.05) is 44.4 Å². The van der Waals surface area contributed by atoms with E-state index in [-0.39, 0.29) is 42.8 Å². The Kier molecular flexibility index (Phi) is 9.80. The Bertz CT molecular complexity index is 1210. The zero-order valence-electron chi connectivity index (χ0n) is 17.9. The van der Waals surface area contributed by atoms with Gasteiger partial charge in [0.25, 0.3) is 0 Å². The molecule has 0 saturated carbocycles. The monoisotopic (exact) mass is 506 g/mol. The zero-order valence-corrected chi connectivity index (χ0v) is 20.3. The molecule has 3 aromatic rings. The molecule has 32 heavy (non-hydrogen) atoms. The van der Waals surface area contributed by atoms with Crippen molar-refractivity contribution >= 4 is 45.9 Å². The quantitative estimate of drug-likeness (QED) is 0.525. The highest BCUT2D eigenvalue weighted by molar-refractivity contribution is 7.89. The lowest BCUT2D eigenvalue weighted by Crippen LogP contribution is -2.22. The van der Waals surface area contributed by atoms with E-state index in [0.717, 1.165) is 27.3 Å². The molecule has 0 radical (unpaired) electrons. The summed E-state index contributed by atoms with van der Waals surface area (Å²) in [7, 11) is -0.559. The number of pyridine rings is 1. The Morgan fingerprint density at radius 3 is 2.41 bits per heavy atom. The molecule has 2 aromatic heterocycles. The van der Waals surface area contributed by atoms with Gasteiger partial charge < -0.3 is 10.3 Å². The number of nitrogens with zero attached hydrogens (tertiary/aromatic N) is 3. The SMILES string of the molecule is Cc1c(Cc2ccc(S(=O)(=O)N(C)C)cc2)c2ncc(F)cc2n1CC(F)=CCN.Cl.Cl. The number of aromatic nitrogens is 2. The van der Waals surface area contributed by atoms with Gasteiger partial charge in [0.1, 0.15) is 11.6 Å². The molecule has 0 amide bonds. The van der Waals surface area contributed by atoms with Crippen molar-refractivity contribution < 1.29 is 17.2 Å². The van der Waals surface area contributed by atoms with Gasteiger partial charge in [0.2, 0.25) is 10.0 Å². The molecule has 176 valence electrons. The van der Waals surface area contributed by atoms with Crippen LogP contribution in [0.3, 0.4) is 0 Å². The van der Waals surface area contributed by atoms with Crippen molar-refractivity contribution in [1.29, 1.82) is 0 Å². The van der Waals surface area contributed by atoms with E-state index in [1.807, 2.05) is 6.92 Å². The lowest BCUT2D eigenvalue weighted by Gasteiger charge is -2.12. The van der Waals surface area contributed by atoms with Crippen LogP contribution in [0.2, 0.25) is 0 Å². The summed E-state index contributed by atoms with van der Waals surface area (Å²) in [5.74, 6) is -0.916. The molecule has 0 atom stereocenters. The van der Waals surface area contributed by atoms with Gasteiger partial charge in [-0.25, -0.2) is 21.5 Å². The Morgan fingerprint density at radius 1 is 1.22 bits per heavy atom. The molecule has 11 heteroatoms. The van der Waals surface area contributed by atoms with Crippen LogP contribution in [0, 0.1) is 12.7 Å². The number of hydrogen-bond donors (Lipinski definition) is 1. The van der Waals surface area contributed by atoms with Crippen LogP contribution < -0.4 is 5.73 Å². The van der Waals surface area contributed by atoms with Crippen molar-refractivity contribution in [1.82, 2.24) is 13.9 Å². The summed E-state index contributed by atoms with van der Waals surface area (Å²) in [6, 6.07) is 7.90. The average molecular weight is 507 g/mol. The van der Waals surface area contributed by atoms with Gasteiger partial charge >= 0.3 is 0 Å². The predicted molar refractivity (Wildman–Crippen MR) is 127 cm³/mol. The summed E-state index contributed by atoms with van der Waals surface area (Å²) < 4.78 is 55.3. The standard InChI is InChI=1S/C21H24F2N4O2S.2ClH/c1-14-19(10-15-4-6-18(7-5-15)30(28,29)26(2)3)21-20(11-17(23)12-25-21)27(14)13-16(22)8-9-24;;/h4-8,11-12H,9-10,13,24H2,1-3H3;2*1H. The smallest absolute Gasteiger partial charge is 0.242 e. The van der Waals surface area contributed by atoms with Crippen LogP contribution in [-0.4, -0.2) is 42.9 Å². The van der Waals surface area contributed by atoms with Crippen LogP contribution in [-0.2, 0) is 23.0 Å². The first-order valence-electron chi connectivity index (χ1n) is 9.34. The number of fused-ring (bicyclic) bond motifs is 1. The van der Waals surface area contributed by atoms with Crippen LogP contribution in [0.5, 0.6) is 0 Å². The fraction of sp³-hybridized carbons (Fsp3) is 0.286. The van der Waals surface area contributed by atoms with Gasteiger partial charge in [-0.3, -0.25) is 4.98 Å². The molecule has 2 N–H and O–H groups in total. The highest BCUT2D eigenvalue weighted by Gasteiger charge is 2.19. The van der Waals surface area contributed by atoms with Crippen molar-refractivity contribution in [3.05, 3.63) is 71.1 Å². The number of nitrogens with two attached hydrogens (primary N) is 1. The van der Waals surface area contributed by atoms with Crippen molar-refractivity contribution in [3.63, 3.8) is 0 Å². The molecule has 0 bridgehead atoms. The third-order valence-corrected chi connectivity index (χ3v) is 6.81. The Hall–Kier alpha value is -2.04. The van der Waals surface area contributed by atoms with E-state index in [4.69, 9.17) is 5.73 Å². The lowest BCUT2D eigenvalue weighted by molar-refractivity contribution is 0.520. The molecule has 0 spiro atoms. The highest BCUT2D eigenvalue weighted by atomic mass is 35.5. The van der Waals surface area contributed by atoms with Gasteiger partial charge in [0.15, 0.2) is 0 Å².